The van der Waals surface area contributed by atoms with Crippen molar-refractivity contribution in [1.29, 1.82) is 0 Å². The topological polar surface area (TPSA) is 102 Å². The Morgan fingerprint density at radius 3 is 2.82 bits per heavy atom. The molecule has 2 N–H and O–H groups in total. The lowest BCUT2D eigenvalue weighted by molar-refractivity contribution is 0.0271. The van der Waals surface area contributed by atoms with Crippen LogP contribution in [0, 0.1) is 0 Å². The summed E-state index contributed by atoms with van der Waals surface area (Å²) in [6.07, 6.45) is 4.14. The highest BCUT2D eigenvalue weighted by Gasteiger charge is 2.30. The number of ether oxygens (including phenoxy) is 1. The molecule has 1 aliphatic carbocycles. The van der Waals surface area contributed by atoms with Crippen molar-refractivity contribution in [2.45, 2.75) is 38.0 Å². The minimum Gasteiger partial charge on any atom is -0.507 e. The third-order valence-electron chi connectivity index (χ3n) is 4.92. The van der Waals surface area contributed by atoms with Gasteiger partial charge in [0.2, 0.25) is 0 Å². The van der Waals surface area contributed by atoms with Crippen molar-refractivity contribution in [2.24, 2.45) is 0 Å². The number of benzene rings is 2. The molecule has 0 unspecified atom stereocenters. The fraction of sp³-hybridized carbons (Fsp3) is 0.300. The average molecular weight is 379 g/mol. The number of phenolic OH excluding ortho intramolecular Hbond substituents is 1. The van der Waals surface area contributed by atoms with Crippen molar-refractivity contribution in [3.63, 3.8) is 0 Å². The first-order valence-corrected chi connectivity index (χ1v) is 9.23. The highest BCUT2D eigenvalue weighted by atomic mass is 16.5. The minimum absolute atomic E-state index is 0.0354. The Morgan fingerprint density at radius 1 is 1.21 bits per heavy atom. The van der Waals surface area contributed by atoms with Crippen molar-refractivity contribution >= 4 is 5.91 Å². The second-order valence-corrected chi connectivity index (χ2v) is 6.80. The van der Waals surface area contributed by atoms with Gasteiger partial charge < -0.3 is 15.2 Å². The number of carbonyl (C=O) groups is 1. The SMILES string of the molecule is O=C(N[C@@H]1CCC[C@H]1OCc1ccccc1)c1ccc(-n2cnnn2)cc1O. The van der Waals surface area contributed by atoms with E-state index in [1.807, 2.05) is 30.3 Å². The Morgan fingerprint density at radius 2 is 2.07 bits per heavy atom. The molecule has 0 saturated heterocycles. The van der Waals surface area contributed by atoms with E-state index in [-0.39, 0.29) is 29.4 Å². The molecule has 144 valence electrons. The molecule has 1 amide bonds. The van der Waals surface area contributed by atoms with Crippen LogP contribution in [0.2, 0.25) is 0 Å². The number of amides is 1. The second kappa shape index (κ2) is 8.18. The van der Waals surface area contributed by atoms with Crippen molar-refractivity contribution < 1.29 is 14.6 Å². The zero-order chi connectivity index (χ0) is 19.3. The van der Waals surface area contributed by atoms with Gasteiger partial charge in [-0.05, 0) is 47.4 Å². The molecule has 4 rings (SSSR count). The van der Waals surface area contributed by atoms with Crippen LogP contribution in [0.3, 0.4) is 0 Å². The average Bonchev–Trinajstić information content (AvgIpc) is 3.39. The molecule has 2 atom stereocenters. The largest absolute Gasteiger partial charge is 0.507 e. The number of carbonyl (C=O) groups excluding carboxylic acids is 1. The molecule has 2 aromatic carbocycles. The van der Waals surface area contributed by atoms with E-state index in [9.17, 15) is 9.90 Å². The summed E-state index contributed by atoms with van der Waals surface area (Å²) in [7, 11) is 0. The van der Waals surface area contributed by atoms with Crippen LogP contribution in [-0.2, 0) is 11.3 Å². The van der Waals surface area contributed by atoms with Crippen LogP contribution in [0.15, 0.2) is 54.9 Å². The van der Waals surface area contributed by atoms with E-state index in [0.29, 0.717) is 12.3 Å². The molecule has 1 saturated carbocycles. The van der Waals surface area contributed by atoms with Crippen LogP contribution in [0.1, 0.15) is 35.2 Å². The number of rotatable bonds is 6. The van der Waals surface area contributed by atoms with Crippen LogP contribution in [0.4, 0.5) is 0 Å². The Balaban J connectivity index is 1.39. The van der Waals surface area contributed by atoms with Crippen LogP contribution in [0.25, 0.3) is 5.69 Å². The van der Waals surface area contributed by atoms with Gasteiger partial charge in [0.1, 0.15) is 12.1 Å². The zero-order valence-corrected chi connectivity index (χ0v) is 15.2. The van der Waals surface area contributed by atoms with Crippen LogP contribution in [0.5, 0.6) is 5.75 Å². The number of hydrogen-bond donors (Lipinski definition) is 2. The summed E-state index contributed by atoms with van der Waals surface area (Å²) in [5, 5.41) is 24.2. The van der Waals surface area contributed by atoms with E-state index in [4.69, 9.17) is 4.74 Å². The summed E-state index contributed by atoms with van der Waals surface area (Å²) in [4.78, 5) is 12.7. The van der Waals surface area contributed by atoms with E-state index in [1.165, 1.54) is 17.1 Å². The molecule has 3 aromatic rings. The molecule has 1 aliphatic rings. The van der Waals surface area contributed by atoms with E-state index >= 15 is 0 Å². The maximum atomic E-state index is 12.7. The number of hydrogen-bond acceptors (Lipinski definition) is 6. The van der Waals surface area contributed by atoms with Gasteiger partial charge in [0.05, 0.1) is 30.0 Å². The minimum atomic E-state index is -0.319. The zero-order valence-electron chi connectivity index (χ0n) is 15.2. The normalized spacial score (nSPS) is 18.9. The molecule has 1 aromatic heterocycles. The summed E-state index contributed by atoms with van der Waals surface area (Å²) < 4.78 is 7.44. The molecule has 0 spiro atoms. The maximum absolute atomic E-state index is 12.7. The molecular formula is C20H21N5O3. The first kappa shape index (κ1) is 18.1. The van der Waals surface area contributed by atoms with Gasteiger partial charge in [-0.2, -0.15) is 0 Å². The Bertz CT molecular complexity index is 930. The summed E-state index contributed by atoms with van der Waals surface area (Å²) in [6, 6.07) is 14.6. The molecule has 1 fully saturated rings. The number of nitrogens with zero attached hydrogens (tertiary/aromatic N) is 4. The molecule has 1 heterocycles. The lowest BCUT2D eigenvalue weighted by atomic mass is 10.1. The molecule has 0 aliphatic heterocycles. The molecule has 8 nitrogen and oxygen atoms in total. The maximum Gasteiger partial charge on any atom is 0.255 e. The van der Waals surface area contributed by atoms with E-state index < -0.39 is 0 Å². The highest BCUT2D eigenvalue weighted by molar-refractivity contribution is 5.97. The summed E-state index contributed by atoms with van der Waals surface area (Å²) in [5.74, 6) is -0.439. The van der Waals surface area contributed by atoms with Gasteiger partial charge in [-0.25, -0.2) is 4.68 Å². The fourth-order valence-corrected chi connectivity index (χ4v) is 3.45. The van der Waals surface area contributed by atoms with E-state index in [0.717, 1.165) is 24.8 Å². The molecule has 8 heteroatoms. The van der Waals surface area contributed by atoms with Crippen LogP contribution in [-0.4, -0.2) is 43.4 Å². The van der Waals surface area contributed by atoms with Crippen LogP contribution >= 0.6 is 0 Å². The molecule has 0 bridgehead atoms. The summed E-state index contributed by atoms with van der Waals surface area (Å²) in [5.41, 5.74) is 1.89. The first-order valence-electron chi connectivity index (χ1n) is 9.23. The number of phenols is 1. The van der Waals surface area contributed by atoms with Gasteiger partial charge in [0.15, 0.2) is 0 Å². The van der Waals surface area contributed by atoms with E-state index in [1.54, 1.807) is 12.1 Å². The first-order chi connectivity index (χ1) is 13.7. The third-order valence-corrected chi connectivity index (χ3v) is 4.92. The Kier molecular flexibility index (Phi) is 5.29. The Labute approximate surface area is 162 Å². The number of aromatic nitrogens is 4. The third kappa shape index (κ3) is 4.01. The quantitative estimate of drug-likeness (QED) is 0.681. The smallest absolute Gasteiger partial charge is 0.255 e. The van der Waals surface area contributed by atoms with Gasteiger partial charge in [0.25, 0.3) is 5.91 Å². The van der Waals surface area contributed by atoms with Gasteiger partial charge in [0, 0.05) is 6.07 Å². The van der Waals surface area contributed by atoms with Gasteiger partial charge >= 0.3 is 0 Å². The van der Waals surface area contributed by atoms with E-state index in [2.05, 4.69) is 20.8 Å². The predicted octanol–water partition coefficient (Wildman–Crippen LogP) is 2.24. The molecular weight excluding hydrogens is 358 g/mol. The molecule has 28 heavy (non-hydrogen) atoms. The van der Waals surface area contributed by atoms with Gasteiger partial charge in [-0.1, -0.05) is 30.3 Å². The van der Waals surface area contributed by atoms with Crippen molar-refractivity contribution in [2.75, 3.05) is 0 Å². The van der Waals surface area contributed by atoms with Gasteiger partial charge in [-0.3, -0.25) is 4.79 Å². The lowest BCUT2D eigenvalue weighted by Gasteiger charge is -2.22. The van der Waals surface area contributed by atoms with Crippen LogP contribution < -0.4 is 5.32 Å². The number of aromatic hydroxyl groups is 1. The van der Waals surface area contributed by atoms with Gasteiger partial charge in [-0.15, -0.1) is 5.10 Å². The summed E-state index contributed by atoms with van der Waals surface area (Å²) >= 11 is 0. The number of nitrogens with one attached hydrogen (secondary N) is 1. The molecule has 0 radical (unpaired) electrons. The monoisotopic (exact) mass is 379 g/mol. The number of tetrazole rings is 1. The second-order valence-electron chi connectivity index (χ2n) is 6.80. The summed E-state index contributed by atoms with van der Waals surface area (Å²) in [6.45, 7) is 0.518. The Hall–Kier alpha value is -3.26. The van der Waals surface area contributed by atoms with Crippen molar-refractivity contribution in [1.82, 2.24) is 25.5 Å². The van der Waals surface area contributed by atoms with Crippen molar-refractivity contribution in [3.05, 3.63) is 66.0 Å². The highest BCUT2D eigenvalue weighted by Crippen LogP contribution is 2.25. The standard InChI is InChI=1S/C20H21N5O3/c26-18-11-15(25-13-21-23-24-25)9-10-16(18)20(27)22-17-7-4-8-19(17)28-12-14-5-2-1-3-6-14/h1-3,5-6,9-11,13,17,19,26H,4,7-8,12H2,(H,22,27)/t17-,19-/m1/s1. The fourth-order valence-electron chi connectivity index (χ4n) is 3.45. The predicted molar refractivity (Wildman–Crippen MR) is 101 cm³/mol. The van der Waals surface area contributed by atoms with Crippen molar-refractivity contribution in [3.8, 4) is 11.4 Å². The lowest BCUT2D eigenvalue weighted by Crippen LogP contribution is -2.41.